The van der Waals surface area contributed by atoms with Gasteiger partial charge >= 0.3 is 0 Å². The molecule has 0 amide bonds. The number of hydrogen-bond acceptors (Lipinski definition) is 8. The van der Waals surface area contributed by atoms with Gasteiger partial charge in [0.1, 0.15) is 30.2 Å². The van der Waals surface area contributed by atoms with Gasteiger partial charge in [0.15, 0.2) is 17.7 Å². The standard InChI is InChI=1S/C10H13N5O4/c11-8-5-9(13-2-12-8)15(3-14-5)10-7(18)6(17)4(1-16)19-10/h2-4,6-7,10,16-18H,1H2,(H2,11,12,13)/t4?,6-,7+,10?/m0/s1. The van der Waals surface area contributed by atoms with E-state index in [9.17, 15) is 10.2 Å². The summed E-state index contributed by atoms with van der Waals surface area (Å²) in [5.41, 5.74) is 6.44. The van der Waals surface area contributed by atoms with Crippen LogP contribution >= 0.6 is 0 Å². The molecule has 102 valence electrons. The number of imidazole rings is 1. The Morgan fingerprint density at radius 3 is 2.74 bits per heavy atom. The van der Waals surface area contributed by atoms with E-state index < -0.39 is 31.1 Å². The smallest absolute Gasteiger partial charge is 0.167 e. The van der Waals surface area contributed by atoms with Crippen LogP contribution in [0.5, 0.6) is 0 Å². The lowest BCUT2D eigenvalue weighted by Gasteiger charge is -2.16. The molecular weight excluding hydrogens is 254 g/mol. The number of aromatic nitrogens is 4. The number of rotatable bonds is 2. The zero-order chi connectivity index (χ0) is 13.6. The van der Waals surface area contributed by atoms with Crippen molar-refractivity contribution in [2.24, 2.45) is 0 Å². The number of fused-ring (bicyclic) bond motifs is 1. The number of ether oxygens (including phenoxy) is 1. The Balaban J connectivity index is 2.04. The fourth-order valence-corrected chi connectivity index (χ4v) is 2.17. The molecule has 4 atom stereocenters. The van der Waals surface area contributed by atoms with Crippen LogP contribution in [0.3, 0.4) is 0 Å². The van der Waals surface area contributed by atoms with E-state index in [1.807, 2.05) is 0 Å². The lowest BCUT2D eigenvalue weighted by atomic mass is 10.1. The highest BCUT2D eigenvalue weighted by Gasteiger charge is 2.43. The number of nitrogen functional groups attached to an aromatic ring is 1. The average molecular weight is 267 g/mol. The average Bonchev–Trinajstić information content (AvgIpc) is 2.94. The highest BCUT2D eigenvalue weighted by Crippen LogP contribution is 2.31. The van der Waals surface area contributed by atoms with Gasteiger partial charge in [0, 0.05) is 0 Å². The highest BCUT2D eigenvalue weighted by molar-refractivity contribution is 5.81. The molecule has 19 heavy (non-hydrogen) atoms. The third-order valence-electron chi connectivity index (χ3n) is 3.18. The van der Waals surface area contributed by atoms with Crippen molar-refractivity contribution in [3.05, 3.63) is 12.7 Å². The maximum atomic E-state index is 9.95. The van der Waals surface area contributed by atoms with Crippen LogP contribution in [0.25, 0.3) is 11.2 Å². The molecule has 3 rings (SSSR count). The van der Waals surface area contributed by atoms with Gasteiger partial charge in [-0.2, -0.15) is 0 Å². The Morgan fingerprint density at radius 2 is 2.05 bits per heavy atom. The second kappa shape index (κ2) is 4.38. The number of nitrogens with zero attached hydrogens (tertiary/aromatic N) is 4. The molecule has 0 aliphatic carbocycles. The maximum Gasteiger partial charge on any atom is 0.167 e. The summed E-state index contributed by atoms with van der Waals surface area (Å²) in [5.74, 6) is 0.218. The minimum absolute atomic E-state index is 0.218. The number of hydrogen-bond donors (Lipinski definition) is 4. The SMILES string of the molecule is Nc1ncnc2c1ncn2C1OC(CO)[C@H](O)[C@H]1O. The van der Waals surface area contributed by atoms with Crippen molar-refractivity contribution < 1.29 is 20.1 Å². The molecule has 9 nitrogen and oxygen atoms in total. The van der Waals surface area contributed by atoms with E-state index >= 15 is 0 Å². The second-order valence-electron chi connectivity index (χ2n) is 4.31. The Bertz CT molecular complexity index is 603. The van der Waals surface area contributed by atoms with Crippen LogP contribution in [0, 0.1) is 0 Å². The van der Waals surface area contributed by atoms with Crippen molar-refractivity contribution in [2.75, 3.05) is 12.3 Å². The number of nitrogens with two attached hydrogens (primary N) is 1. The van der Waals surface area contributed by atoms with E-state index in [0.717, 1.165) is 0 Å². The number of aliphatic hydroxyl groups is 3. The topological polar surface area (TPSA) is 140 Å². The monoisotopic (exact) mass is 267 g/mol. The summed E-state index contributed by atoms with van der Waals surface area (Å²) < 4.78 is 6.85. The fourth-order valence-electron chi connectivity index (χ4n) is 2.17. The summed E-state index contributed by atoms with van der Waals surface area (Å²) in [7, 11) is 0. The number of aliphatic hydroxyl groups excluding tert-OH is 3. The van der Waals surface area contributed by atoms with Gasteiger partial charge in [0.05, 0.1) is 12.9 Å². The molecule has 5 N–H and O–H groups in total. The quantitative estimate of drug-likeness (QED) is 0.491. The zero-order valence-corrected chi connectivity index (χ0v) is 9.79. The summed E-state index contributed by atoms with van der Waals surface area (Å²) in [6.07, 6.45) is -1.42. The molecule has 3 heterocycles. The normalized spacial score (nSPS) is 31.1. The van der Waals surface area contributed by atoms with E-state index in [-0.39, 0.29) is 5.82 Å². The molecular formula is C10H13N5O4. The van der Waals surface area contributed by atoms with Crippen molar-refractivity contribution in [1.82, 2.24) is 19.5 Å². The summed E-state index contributed by atoms with van der Waals surface area (Å²) in [4.78, 5) is 11.9. The molecule has 0 bridgehead atoms. The van der Waals surface area contributed by atoms with Crippen molar-refractivity contribution in [3.63, 3.8) is 0 Å². The van der Waals surface area contributed by atoms with Gasteiger partial charge in [-0.15, -0.1) is 0 Å². The van der Waals surface area contributed by atoms with Crippen molar-refractivity contribution in [1.29, 1.82) is 0 Å². The molecule has 9 heteroatoms. The molecule has 1 saturated heterocycles. The fraction of sp³-hybridized carbons (Fsp3) is 0.500. The first-order valence-corrected chi connectivity index (χ1v) is 5.69. The first kappa shape index (κ1) is 12.2. The second-order valence-corrected chi connectivity index (χ2v) is 4.31. The van der Waals surface area contributed by atoms with Crippen LogP contribution in [0.15, 0.2) is 12.7 Å². The summed E-state index contributed by atoms with van der Waals surface area (Å²) in [5, 5.41) is 28.7. The Kier molecular flexibility index (Phi) is 2.82. The van der Waals surface area contributed by atoms with Crippen molar-refractivity contribution >= 4 is 17.0 Å². The molecule has 0 radical (unpaired) electrons. The summed E-state index contributed by atoms with van der Waals surface area (Å²) >= 11 is 0. The van der Waals surface area contributed by atoms with E-state index in [1.54, 1.807) is 0 Å². The third kappa shape index (κ3) is 1.75. The van der Waals surface area contributed by atoms with Gasteiger partial charge < -0.3 is 25.8 Å². The minimum atomic E-state index is -1.19. The van der Waals surface area contributed by atoms with Crippen LogP contribution in [0.2, 0.25) is 0 Å². The zero-order valence-electron chi connectivity index (χ0n) is 9.79. The molecule has 1 aliphatic heterocycles. The molecule has 1 aliphatic rings. The first-order chi connectivity index (χ1) is 9.13. The maximum absolute atomic E-state index is 9.95. The lowest BCUT2D eigenvalue weighted by molar-refractivity contribution is -0.0511. The molecule has 2 aromatic heterocycles. The summed E-state index contributed by atoms with van der Waals surface area (Å²) in [6, 6.07) is 0. The van der Waals surface area contributed by atoms with E-state index in [2.05, 4.69) is 15.0 Å². The molecule has 0 saturated carbocycles. The predicted octanol–water partition coefficient (Wildman–Crippen LogP) is -1.98. The van der Waals surface area contributed by atoms with Gasteiger partial charge in [-0.25, -0.2) is 15.0 Å². The molecule has 0 aromatic carbocycles. The van der Waals surface area contributed by atoms with Gasteiger partial charge in [-0.05, 0) is 0 Å². The van der Waals surface area contributed by atoms with Gasteiger partial charge in [0.25, 0.3) is 0 Å². The number of anilines is 1. The Hall–Kier alpha value is -1.81. The highest BCUT2D eigenvalue weighted by atomic mass is 16.6. The van der Waals surface area contributed by atoms with Crippen molar-refractivity contribution in [3.8, 4) is 0 Å². The van der Waals surface area contributed by atoms with Crippen LogP contribution in [-0.4, -0.2) is 59.8 Å². The minimum Gasteiger partial charge on any atom is -0.394 e. The van der Waals surface area contributed by atoms with E-state index in [4.69, 9.17) is 15.6 Å². The Labute approximate surface area is 107 Å². The predicted molar refractivity (Wildman–Crippen MR) is 62.7 cm³/mol. The Morgan fingerprint density at radius 1 is 1.26 bits per heavy atom. The van der Waals surface area contributed by atoms with Crippen molar-refractivity contribution in [2.45, 2.75) is 24.5 Å². The first-order valence-electron chi connectivity index (χ1n) is 5.69. The van der Waals surface area contributed by atoms with Gasteiger partial charge in [-0.1, -0.05) is 0 Å². The molecule has 1 fully saturated rings. The molecule has 0 spiro atoms. The largest absolute Gasteiger partial charge is 0.394 e. The van der Waals surface area contributed by atoms with Crippen LogP contribution in [0.1, 0.15) is 6.23 Å². The summed E-state index contributed by atoms with van der Waals surface area (Å²) in [6.45, 7) is -0.390. The molecule has 2 aromatic rings. The van der Waals surface area contributed by atoms with Crippen LogP contribution < -0.4 is 5.73 Å². The van der Waals surface area contributed by atoms with Crippen LogP contribution in [-0.2, 0) is 4.74 Å². The molecule has 2 unspecified atom stereocenters. The lowest BCUT2D eigenvalue weighted by Crippen LogP contribution is -2.33. The van der Waals surface area contributed by atoms with Gasteiger partial charge in [-0.3, -0.25) is 4.57 Å². The third-order valence-corrected chi connectivity index (χ3v) is 3.18. The van der Waals surface area contributed by atoms with Gasteiger partial charge in [0.2, 0.25) is 0 Å². The van der Waals surface area contributed by atoms with E-state index in [1.165, 1.54) is 17.2 Å². The van der Waals surface area contributed by atoms with E-state index in [0.29, 0.717) is 11.2 Å². The van der Waals surface area contributed by atoms with Crippen LogP contribution in [0.4, 0.5) is 5.82 Å².